The fourth-order valence-corrected chi connectivity index (χ4v) is 4.16. The van der Waals surface area contributed by atoms with E-state index in [1.807, 2.05) is 0 Å². The van der Waals surface area contributed by atoms with Crippen LogP contribution in [0, 0.1) is 16.0 Å². The Morgan fingerprint density at radius 1 is 1.50 bits per heavy atom. The monoisotopic (exact) mass is 320 g/mol. The molecule has 1 saturated carbocycles. The average Bonchev–Trinajstić information content (AvgIpc) is 3.09. The highest BCUT2D eigenvalue weighted by molar-refractivity contribution is 7.91. The molecule has 0 unspecified atom stereocenters. The molecule has 0 atom stereocenters. The minimum atomic E-state index is -3.71. The van der Waals surface area contributed by atoms with Gasteiger partial charge in [-0.05, 0) is 18.8 Å². The van der Waals surface area contributed by atoms with Crippen LogP contribution in [-0.4, -0.2) is 19.9 Å². The maximum atomic E-state index is 12.0. The summed E-state index contributed by atoms with van der Waals surface area (Å²) in [6, 6.07) is 1.02. The largest absolute Gasteiger partial charge is 0.310 e. The van der Waals surface area contributed by atoms with Gasteiger partial charge in [-0.25, -0.2) is 19.0 Å². The van der Waals surface area contributed by atoms with Gasteiger partial charge in [0.05, 0.1) is 4.92 Å². The lowest BCUT2D eigenvalue weighted by atomic mass is 10.2. The Morgan fingerprint density at radius 2 is 2.20 bits per heavy atom. The van der Waals surface area contributed by atoms with E-state index in [4.69, 9.17) is 5.84 Å². The van der Waals surface area contributed by atoms with Gasteiger partial charge in [-0.2, -0.15) is 0 Å². The first-order valence-electron chi connectivity index (χ1n) is 6.18. The molecule has 1 aromatic heterocycles. The molecule has 1 fully saturated rings. The molecule has 1 aliphatic carbocycles. The normalized spacial score (nSPS) is 15.2. The molecule has 0 bridgehead atoms. The van der Waals surface area contributed by atoms with Crippen LogP contribution in [0.5, 0.6) is 0 Å². The van der Waals surface area contributed by atoms with E-state index in [1.54, 1.807) is 0 Å². The molecule has 10 heteroatoms. The highest BCUT2D eigenvalue weighted by atomic mass is 32.2. The Hall–Kier alpha value is -1.23. The number of hydrogen-bond donors (Lipinski definition) is 3. The molecule has 0 radical (unpaired) electrons. The number of nitrogens with one attached hydrogen (secondary N) is 2. The van der Waals surface area contributed by atoms with E-state index in [9.17, 15) is 18.5 Å². The van der Waals surface area contributed by atoms with Gasteiger partial charge in [0.1, 0.15) is 4.21 Å². The lowest BCUT2D eigenvalue weighted by molar-refractivity contribution is -0.383. The van der Waals surface area contributed by atoms with Crippen LogP contribution in [0.15, 0.2) is 10.3 Å². The van der Waals surface area contributed by atoms with Gasteiger partial charge in [-0.15, -0.1) is 0 Å². The van der Waals surface area contributed by atoms with Crippen LogP contribution in [0.3, 0.4) is 0 Å². The van der Waals surface area contributed by atoms with Crippen molar-refractivity contribution in [1.82, 2.24) is 4.72 Å². The molecule has 0 spiro atoms. The number of nitrogens with zero attached hydrogens (tertiary/aromatic N) is 1. The van der Waals surface area contributed by atoms with E-state index in [2.05, 4.69) is 10.1 Å². The fourth-order valence-electron chi connectivity index (χ4n) is 1.81. The van der Waals surface area contributed by atoms with E-state index >= 15 is 0 Å². The lowest BCUT2D eigenvalue weighted by Gasteiger charge is -2.03. The van der Waals surface area contributed by atoms with Crippen molar-refractivity contribution < 1.29 is 13.3 Å². The Morgan fingerprint density at radius 3 is 2.70 bits per heavy atom. The van der Waals surface area contributed by atoms with Crippen LogP contribution >= 0.6 is 11.3 Å². The summed E-state index contributed by atoms with van der Waals surface area (Å²) in [6.45, 7) is 0.343. The molecule has 0 aliphatic heterocycles. The van der Waals surface area contributed by atoms with Crippen LogP contribution < -0.4 is 16.0 Å². The summed E-state index contributed by atoms with van der Waals surface area (Å²) in [7, 11) is -3.71. The molecule has 2 rings (SSSR count). The lowest BCUT2D eigenvalue weighted by Crippen LogP contribution is -2.24. The molecule has 1 aliphatic rings. The number of nitrogen functional groups attached to an aromatic ring is 1. The SMILES string of the molecule is NNc1sc(S(=O)(=O)NCCCC2CC2)cc1[N+](=O)[O-]. The van der Waals surface area contributed by atoms with Crippen molar-refractivity contribution in [1.29, 1.82) is 0 Å². The van der Waals surface area contributed by atoms with Crippen LogP contribution in [0.1, 0.15) is 25.7 Å². The van der Waals surface area contributed by atoms with E-state index in [0.29, 0.717) is 6.54 Å². The molecule has 4 N–H and O–H groups in total. The second-order valence-electron chi connectivity index (χ2n) is 4.66. The standard InChI is InChI=1S/C10H16N4O4S2/c11-13-10-8(14(15)16)6-9(19-10)20(17,18)12-5-1-2-7-3-4-7/h6-7,12-13H,1-5,11H2. The zero-order chi connectivity index (χ0) is 14.8. The van der Waals surface area contributed by atoms with Crippen molar-refractivity contribution in [3.05, 3.63) is 16.2 Å². The number of sulfonamides is 1. The van der Waals surface area contributed by atoms with Gasteiger partial charge in [0, 0.05) is 12.6 Å². The fraction of sp³-hybridized carbons (Fsp3) is 0.600. The number of rotatable bonds is 8. The summed E-state index contributed by atoms with van der Waals surface area (Å²) in [5, 5.41) is 10.8. The van der Waals surface area contributed by atoms with E-state index in [1.165, 1.54) is 12.8 Å². The van der Waals surface area contributed by atoms with Crippen molar-refractivity contribution in [3.63, 3.8) is 0 Å². The zero-order valence-corrected chi connectivity index (χ0v) is 12.3. The first-order valence-corrected chi connectivity index (χ1v) is 8.48. The third kappa shape index (κ3) is 3.66. The van der Waals surface area contributed by atoms with Crippen molar-refractivity contribution in [3.8, 4) is 0 Å². The molecule has 0 aromatic carbocycles. The third-order valence-electron chi connectivity index (χ3n) is 3.06. The van der Waals surface area contributed by atoms with Crippen LogP contribution in [0.25, 0.3) is 0 Å². The molecule has 112 valence electrons. The van der Waals surface area contributed by atoms with Gasteiger partial charge in [-0.1, -0.05) is 24.2 Å². The number of nitro groups is 1. The second kappa shape index (κ2) is 6.04. The Balaban J connectivity index is 2.01. The van der Waals surface area contributed by atoms with Crippen LogP contribution in [-0.2, 0) is 10.0 Å². The van der Waals surface area contributed by atoms with Crippen molar-refractivity contribution >= 4 is 32.0 Å². The Labute approximate surface area is 120 Å². The number of thiophene rings is 1. The topological polar surface area (TPSA) is 127 Å². The predicted molar refractivity (Wildman–Crippen MR) is 75.9 cm³/mol. The van der Waals surface area contributed by atoms with Crippen molar-refractivity contribution in [2.45, 2.75) is 29.9 Å². The van der Waals surface area contributed by atoms with Gasteiger partial charge < -0.3 is 5.43 Å². The van der Waals surface area contributed by atoms with Crippen LogP contribution in [0.2, 0.25) is 0 Å². The van der Waals surface area contributed by atoms with E-state index < -0.39 is 14.9 Å². The molecule has 1 heterocycles. The molecule has 8 nitrogen and oxygen atoms in total. The van der Waals surface area contributed by atoms with Gasteiger partial charge in [0.2, 0.25) is 10.0 Å². The number of hydrazine groups is 1. The van der Waals surface area contributed by atoms with Gasteiger partial charge in [-0.3, -0.25) is 10.1 Å². The Bertz CT molecular complexity index is 594. The maximum absolute atomic E-state index is 12.0. The molecular formula is C10H16N4O4S2. The van der Waals surface area contributed by atoms with Crippen molar-refractivity contribution in [2.75, 3.05) is 12.0 Å². The van der Waals surface area contributed by atoms with E-state index in [0.717, 1.165) is 36.2 Å². The smallest absolute Gasteiger partial charge is 0.306 e. The number of hydrogen-bond acceptors (Lipinski definition) is 7. The predicted octanol–water partition coefficient (Wildman–Crippen LogP) is 1.41. The molecule has 0 saturated heterocycles. The minimum Gasteiger partial charge on any atom is -0.310 e. The van der Waals surface area contributed by atoms with E-state index in [-0.39, 0.29) is 14.9 Å². The maximum Gasteiger partial charge on any atom is 0.306 e. The van der Waals surface area contributed by atoms with Gasteiger partial charge in [0.25, 0.3) is 0 Å². The second-order valence-corrected chi connectivity index (χ2v) is 7.71. The van der Waals surface area contributed by atoms with Gasteiger partial charge in [0.15, 0.2) is 5.00 Å². The molecular weight excluding hydrogens is 304 g/mol. The summed E-state index contributed by atoms with van der Waals surface area (Å²) in [5.74, 6) is 5.89. The van der Waals surface area contributed by atoms with Crippen molar-refractivity contribution in [2.24, 2.45) is 11.8 Å². The summed E-state index contributed by atoms with van der Waals surface area (Å²) in [5.41, 5.74) is 1.81. The molecule has 1 aromatic rings. The summed E-state index contributed by atoms with van der Waals surface area (Å²) in [6.07, 6.45) is 4.26. The first-order chi connectivity index (χ1) is 9.44. The quantitative estimate of drug-likeness (QED) is 0.287. The third-order valence-corrected chi connectivity index (χ3v) is 6.05. The summed E-state index contributed by atoms with van der Waals surface area (Å²) < 4.78 is 26.4. The summed E-state index contributed by atoms with van der Waals surface area (Å²) in [4.78, 5) is 10.1. The number of anilines is 1. The van der Waals surface area contributed by atoms with Crippen LogP contribution in [0.4, 0.5) is 10.7 Å². The molecule has 0 amide bonds. The molecule has 20 heavy (non-hydrogen) atoms. The average molecular weight is 320 g/mol. The summed E-state index contributed by atoms with van der Waals surface area (Å²) >= 11 is 0.743. The zero-order valence-electron chi connectivity index (χ0n) is 10.7. The highest BCUT2D eigenvalue weighted by Gasteiger charge is 2.26. The first kappa shape index (κ1) is 15.2. The number of nitrogens with two attached hydrogens (primary N) is 1. The Kier molecular flexibility index (Phi) is 4.58. The van der Waals surface area contributed by atoms with Gasteiger partial charge >= 0.3 is 5.69 Å². The minimum absolute atomic E-state index is 0.0216. The highest BCUT2D eigenvalue weighted by Crippen LogP contribution is 2.36.